The zero-order chi connectivity index (χ0) is 17.4. The number of sulfone groups is 1. The van der Waals surface area contributed by atoms with Crippen molar-refractivity contribution in [3.8, 4) is 0 Å². The van der Waals surface area contributed by atoms with Crippen molar-refractivity contribution in [3.63, 3.8) is 0 Å². The molecule has 0 N–H and O–H groups in total. The summed E-state index contributed by atoms with van der Waals surface area (Å²) in [6, 6.07) is 4.45. The Bertz CT molecular complexity index is 788. The second-order valence-electron chi connectivity index (χ2n) is 6.92. The smallest absolute Gasteiger partial charge is 0.288 e. The molecular formula is C17H22N2O4S. The molecule has 1 aromatic rings. The van der Waals surface area contributed by atoms with Crippen LogP contribution in [0, 0.1) is 15.5 Å². The SMILES string of the molecule is CS(=O)(=O)c1cc(N2CCCC3(CC=CCC3)C2)ccc1[N+](=O)[O-]. The molecule has 3 rings (SSSR count). The first-order valence-corrected chi connectivity index (χ1v) is 10.1. The maximum Gasteiger partial charge on any atom is 0.288 e. The fraction of sp³-hybridized carbons (Fsp3) is 0.529. The number of allylic oxidation sites excluding steroid dienone is 2. The van der Waals surface area contributed by atoms with Gasteiger partial charge in [-0.3, -0.25) is 10.1 Å². The summed E-state index contributed by atoms with van der Waals surface area (Å²) in [6.45, 7) is 1.73. The lowest BCUT2D eigenvalue weighted by molar-refractivity contribution is -0.387. The standard InChI is InChI=1S/C17H22N2O4S/c1-24(22,23)16-12-14(6-7-15(16)19(20)21)18-11-5-10-17(13-18)8-3-2-4-9-17/h2-3,6-7,12H,4-5,8-11,13H2,1H3. The van der Waals surface area contributed by atoms with E-state index in [-0.39, 0.29) is 16.0 Å². The zero-order valence-corrected chi connectivity index (χ0v) is 14.6. The molecule has 1 aromatic carbocycles. The molecule has 7 heteroatoms. The Morgan fingerprint density at radius 3 is 2.67 bits per heavy atom. The van der Waals surface area contributed by atoms with Crippen molar-refractivity contribution in [1.29, 1.82) is 0 Å². The Morgan fingerprint density at radius 2 is 2.04 bits per heavy atom. The molecule has 24 heavy (non-hydrogen) atoms. The number of hydrogen-bond acceptors (Lipinski definition) is 5. The normalized spacial score (nSPS) is 24.3. The maximum absolute atomic E-state index is 12.0. The molecule has 0 bridgehead atoms. The van der Waals surface area contributed by atoms with E-state index >= 15 is 0 Å². The van der Waals surface area contributed by atoms with E-state index < -0.39 is 14.8 Å². The highest BCUT2D eigenvalue weighted by Crippen LogP contribution is 2.42. The highest BCUT2D eigenvalue weighted by Gasteiger charge is 2.35. The van der Waals surface area contributed by atoms with Crippen molar-refractivity contribution in [2.45, 2.75) is 37.0 Å². The van der Waals surface area contributed by atoms with Gasteiger partial charge in [-0.2, -0.15) is 0 Å². The van der Waals surface area contributed by atoms with Crippen LogP contribution in [0.5, 0.6) is 0 Å². The zero-order valence-electron chi connectivity index (χ0n) is 13.8. The summed E-state index contributed by atoms with van der Waals surface area (Å²) in [5, 5.41) is 11.1. The Hall–Kier alpha value is -1.89. The quantitative estimate of drug-likeness (QED) is 0.474. The van der Waals surface area contributed by atoms with Crippen LogP contribution in [0.3, 0.4) is 0 Å². The van der Waals surface area contributed by atoms with E-state index in [9.17, 15) is 18.5 Å². The van der Waals surface area contributed by atoms with Gasteiger partial charge in [0, 0.05) is 31.1 Å². The molecule has 0 amide bonds. The number of nitro groups is 1. The molecule has 2 aliphatic rings. The van der Waals surface area contributed by atoms with E-state index in [2.05, 4.69) is 17.1 Å². The second kappa shape index (κ2) is 6.20. The van der Waals surface area contributed by atoms with E-state index in [1.165, 1.54) is 18.6 Å². The van der Waals surface area contributed by atoms with E-state index in [0.717, 1.165) is 50.7 Å². The second-order valence-corrected chi connectivity index (χ2v) is 8.90. The number of nitrogens with zero attached hydrogens (tertiary/aromatic N) is 2. The van der Waals surface area contributed by atoms with Gasteiger partial charge in [0.05, 0.1) is 4.92 Å². The molecule has 0 saturated carbocycles. The van der Waals surface area contributed by atoms with Gasteiger partial charge >= 0.3 is 0 Å². The van der Waals surface area contributed by atoms with Crippen molar-refractivity contribution in [1.82, 2.24) is 0 Å². The van der Waals surface area contributed by atoms with Crippen molar-refractivity contribution in [2.24, 2.45) is 5.41 Å². The Balaban J connectivity index is 1.94. The Kier molecular flexibility index (Phi) is 4.38. The first-order valence-electron chi connectivity index (χ1n) is 8.19. The van der Waals surface area contributed by atoms with Gasteiger partial charge in [-0.1, -0.05) is 12.2 Å². The first kappa shape index (κ1) is 17.0. The summed E-state index contributed by atoms with van der Waals surface area (Å²) < 4.78 is 23.9. The van der Waals surface area contributed by atoms with E-state index in [1.807, 2.05) is 0 Å². The van der Waals surface area contributed by atoms with Crippen LogP contribution in [0.25, 0.3) is 0 Å². The van der Waals surface area contributed by atoms with Gasteiger partial charge in [-0.25, -0.2) is 8.42 Å². The van der Waals surface area contributed by atoms with E-state index in [1.54, 1.807) is 6.07 Å². The number of hydrogen-bond donors (Lipinski definition) is 0. The molecule has 1 spiro atoms. The monoisotopic (exact) mass is 350 g/mol. The highest BCUT2D eigenvalue weighted by atomic mass is 32.2. The minimum atomic E-state index is -3.65. The van der Waals surface area contributed by atoms with E-state index in [4.69, 9.17) is 0 Å². The van der Waals surface area contributed by atoms with Crippen LogP contribution in [0.2, 0.25) is 0 Å². The number of anilines is 1. The van der Waals surface area contributed by atoms with Crippen LogP contribution >= 0.6 is 0 Å². The molecule has 0 radical (unpaired) electrons. The van der Waals surface area contributed by atoms with Crippen LogP contribution in [0.1, 0.15) is 32.1 Å². The van der Waals surface area contributed by atoms with Crippen LogP contribution < -0.4 is 4.90 Å². The molecule has 130 valence electrons. The molecule has 1 fully saturated rings. The largest absolute Gasteiger partial charge is 0.371 e. The van der Waals surface area contributed by atoms with Gasteiger partial charge in [-0.05, 0) is 49.7 Å². The minimum Gasteiger partial charge on any atom is -0.371 e. The van der Waals surface area contributed by atoms with Crippen molar-refractivity contribution < 1.29 is 13.3 Å². The van der Waals surface area contributed by atoms with Crippen molar-refractivity contribution >= 4 is 21.2 Å². The fourth-order valence-electron chi connectivity index (χ4n) is 3.89. The molecule has 1 aliphatic carbocycles. The lowest BCUT2D eigenvalue weighted by atomic mass is 9.71. The molecule has 1 unspecified atom stereocenters. The molecule has 1 aliphatic heterocycles. The third kappa shape index (κ3) is 3.31. The molecule has 6 nitrogen and oxygen atoms in total. The molecule has 0 aromatic heterocycles. The van der Waals surface area contributed by atoms with Gasteiger partial charge in [0.15, 0.2) is 9.84 Å². The van der Waals surface area contributed by atoms with E-state index in [0.29, 0.717) is 0 Å². The van der Waals surface area contributed by atoms with Crippen LogP contribution in [-0.4, -0.2) is 32.7 Å². The Morgan fingerprint density at radius 1 is 1.25 bits per heavy atom. The Labute approximate surface area is 142 Å². The molecule has 1 heterocycles. The third-order valence-electron chi connectivity index (χ3n) is 5.12. The summed E-state index contributed by atoms with van der Waals surface area (Å²) in [5.74, 6) is 0. The summed E-state index contributed by atoms with van der Waals surface area (Å²) in [7, 11) is -3.65. The highest BCUT2D eigenvalue weighted by molar-refractivity contribution is 7.90. The van der Waals surface area contributed by atoms with Crippen LogP contribution in [0.4, 0.5) is 11.4 Å². The van der Waals surface area contributed by atoms with Crippen LogP contribution in [0.15, 0.2) is 35.2 Å². The van der Waals surface area contributed by atoms with Crippen molar-refractivity contribution in [2.75, 3.05) is 24.2 Å². The van der Waals surface area contributed by atoms with Gasteiger partial charge in [0.1, 0.15) is 4.90 Å². The summed E-state index contributed by atoms with van der Waals surface area (Å²) in [5.41, 5.74) is 0.656. The van der Waals surface area contributed by atoms with Crippen molar-refractivity contribution in [3.05, 3.63) is 40.5 Å². The average molecular weight is 350 g/mol. The molecule has 1 saturated heterocycles. The van der Waals surface area contributed by atoms with Gasteiger partial charge in [0.25, 0.3) is 5.69 Å². The summed E-state index contributed by atoms with van der Waals surface area (Å²) in [4.78, 5) is 12.5. The number of rotatable bonds is 3. The average Bonchev–Trinajstić information content (AvgIpc) is 2.54. The van der Waals surface area contributed by atoms with Gasteiger partial charge in [0.2, 0.25) is 0 Å². The topological polar surface area (TPSA) is 80.5 Å². The predicted molar refractivity (Wildman–Crippen MR) is 93.1 cm³/mol. The number of benzene rings is 1. The van der Waals surface area contributed by atoms with Gasteiger partial charge < -0.3 is 4.90 Å². The summed E-state index contributed by atoms with van der Waals surface area (Å²) >= 11 is 0. The maximum atomic E-state index is 12.0. The first-order chi connectivity index (χ1) is 11.3. The third-order valence-corrected chi connectivity index (χ3v) is 6.25. The molecular weight excluding hydrogens is 328 g/mol. The fourth-order valence-corrected chi connectivity index (χ4v) is 4.75. The van der Waals surface area contributed by atoms with Crippen LogP contribution in [-0.2, 0) is 9.84 Å². The van der Waals surface area contributed by atoms with Gasteiger partial charge in [-0.15, -0.1) is 0 Å². The summed E-state index contributed by atoms with van der Waals surface area (Å²) in [6.07, 6.45) is 11.0. The lowest BCUT2D eigenvalue weighted by Crippen LogP contribution is -2.43. The number of piperidine rings is 1. The number of nitro benzene ring substituents is 1. The lowest BCUT2D eigenvalue weighted by Gasteiger charge is -2.45. The predicted octanol–water partition coefficient (Wildman–Crippen LogP) is 3.33. The molecule has 1 atom stereocenters. The minimum absolute atomic E-state index is 0.201.